The molecular formula is C10H20N2. The fourth-order valence-corrected chi connectivity index (χ4v) is 2.40. The highest BCUT2D eigenvalue weighted by Gasteiger charge is 2.39. The van der Waals surface area contributed by atoms with Crippen LogP contribution < -0.4 is 5.32 Å². The van der Waals surface area contributed by atoms with Gasteiger partial charge in [0.15, 0.2) is 0 Å². The van der Waals surface area contributed by atoms with E-state index in [0.29, 0.717) is 5.54 Å². The summed E-state index contributed by atoms with van der Waals surface area (Å²) in [5.41, 5.74) is 0.379. The Balaban J connectivity index is 1.99. The normalized spacial score (nSPS) is 37.2. The summed E-state index contributed by atoms with van der Waals surface area (Å²) in [6.07, 6.45) is 0. The number of nitrogens with zero attached hydrogens (tertiary/aromatic N) is 1. The molecule has 0 spiro atoms. The number of hydrogen-bond acceptors (Lipinski definition) is 2. The number of nitrogens with one attached hydrogen (secondary N) is 1. The third-order valence-electron chi connectivity index (χ3n) is 3.34. The molecule has 0 aliphatic carbocycles. The maximum absolute atomic E-state index is 3.47. The minimum atomic E-state index is 0.379. The van der Waals surface area contributed by atoms with Crippen molar-refractivity contribution >= 4 is 0 Å². The van der Waals surface area contributed by atoms with Crippen molar-refractivity contribution in [3.05, 3.63) is 0 Å². The maximum Gasteiger partial charge on any atom is 0.0125 e. The van der Waals surface area contributed by atoms with Gasteiger partial charge in [-0.1, -0.05) is 0 Å². The molecule has 12 heavy (non-hydrogen) atoms. The van der Waals surface area contributed by atoms with Crippen LogP contribution in [0.3, 0.4) is 0 Å². The lowest BCUT2D eigenvalue weighted by molar-refractivity contribution is 0.162. The van der Waals surface area contributed by atoms with Crippen molar-refractivity contribution < 1.29 is 0 Å². The predicted molar refractivity (Wildman–Crippen MR) is 51.2 cm³/mol. The number of likely N-dealkylation sites (tertiary alicyclic amines) is 1. The fraction of sp³-hybridized carbons (Fsp3) is 1.00. The molecule has 0 unspecified atom stereocenters. The van der Waals surface area contributed by atoms with Crippen LogP contribution in [0.5, 0.6) is 0 Å². The first-order valence-corrected chi connectivity index (χ1v) is 5.03. The number of fused-ring (bicyclic) bond motifs is 1. The quantitative estimate of drug-likeness (QED) is 0.579. The van der Waals surface area contributed by atoms with Crippen LogP contribution in [0.25, 0.3) is 0 Å². The van der Waals surface area contributed by atoms with Gasteiger partial charge in [-0.2, -0.15) is 0 Å². The van der Waals surface area contributed by atoms with Crippen LogP contribution >= 0.6 is 0 Å². The summed E-state index contributed by atoms with van der Waals surface area (Å²) < 4.78 is 0. The Labute approximate surface area is 75.3 Å². The van der Waals surface area contributed by atoms with Crippen LogP contribution in [0.15, 0.2) is 0 Å². The van der Waals surface area contributed by atoms with E-state index in [4.69, 9.17) is 0 Å². The third kappa shape index (κ3) is 1.38. The zero-order valence-corrected chi connectivity index (χ0v) is 8.43. The molecule has 2 heteroatoms. The highest BCUT2D eigenvalue weighted by Crippen LogP contribution is 2.30. The molecule has 2 aliphatic rings. The van der Waals surface area contributed by atoms with Gasteiger partial charge in [0.1, 0.15) is 0 Å². The highest BCUT2D eigenvalue weighted by atomic mass is 15.2. The molecule has 2 aliphatic heterocycles. The first-order valence-electron chi connectivity index (χ1n) is 5.03. The number of hydrogen-bond donors (Lipinski definition) is 1. The topological polar surface area (TPSA) is 15.3 Å². The van der Waals surface area contributed by atoms with Crippen molar-refractivity contribution in [2.24, 2.45) is 11.8 Å². The van der Waals surface area contributed by atoms with Gasteiger partial charge in [0, 0.05) is 18.6 Å². The molecule has 70 valence electrons. The average Bonchev–Trinajstić information content (AvgIpc) is 2.37. The summed E-state index contributed by atoms with van der Waals surface area (Å²) >= 11 is 0. The molecule has 2 saturated heterocycles. The Morgan fingerprint density at radius 1 is 1.08 bits per heavy atom. The Morgan fingerprint density at radius 3 is 2.00 bits per heavy atom. The molecule has 0 aromatic carbocycles. The zero-order valence-electron chi connectivity index (χ0n) is 8.43. The van der Waals surface area contributed by atoms with Gasteiger partial charge in [-0.25, -0.2) is 0 Å². The Bertz CT molecular complexity index is 159. The van der Waals surface area contributed by atoms with E-state index >= 15 is 0 Å². The lowest BCUT2D eigenvalue weighted by Gasteiger charge is -2.32. The summed E-state index contributed by atoms with van der Waals surface area (Å²) in [7, 11) is 0. The Morgan fingerprint density at radius 2 is 1.58 bits per heavy atom. The molecule has 2 atom stereocenters. The highest BCUT2D eigenvalue weighted by molar-refractivity contribution is 4.94. The minimum Gasteiger partial charge on any atom is -0.316 e. The summed E-state index contributed by atoms with van der Waals surface area (Å²) in [5.74, 6) is 1.87. The van der Waals surface area contributed by atoms with E-state index in [1.165, 1.54) is 26.2 Å². The van der Waals surface area contributed by atoms with E-state index < -0.39 is 0 Å². The predicted octanol–water partition coefficient (Wildman–Crippen LogP) is 0.936. The average molecular weight is 168 g/mol. The van der Waals surface area contributed by atoms with E-state index in [1.807, 2.05) is 0 Å². The fourth-order valence-electron chi connectivity index (χ4n) is 2.40. The second-order valence-corrected chi connectivity index (χ2v) is 5.25. The van der Waals surface area contributed by atoms with E-state index in [9.17, 15) is 0 Å². The monoisotopic (exact) mass is 168 g/mol. The third-order valence-corrected chi connectivity index (χ3v) is 3.34. The minimum absolute atomic E-state index is 0.379. The van der Waals surface area contributed by atoms with Crippen molar-refractivity contribution in [3.8, 4) is 0 Å². The molecule has 0 saturated carbocycles. The van der Waals surface area contributed by atoms with Gasteiger partial charge in [0.2, 0.25) is 0 Å². The van der Waals surface area contributed by atoms with Crippen LogP contribution in [-0.4, -0.2) is 36.6 Å². The Hall–Kier alpha value is -0.0800. The van der Waals surface area contributed by atoms with Crippen molar-refractivity contribution in [2.45, 2.75) is 26.3 Å². The van der Waals surface area contributed by atoms with Gasteiger partial charge in [0.25, 0.3) is 0 Å². The van der Waals surface area contributed by atoms with E-state index in [1.54, 1.807) is 0 Å². The molecule has 0 bridgehead atoms. The maximum atomic E-state index is 3.47. The molecule has 2 rings (SSSR count). The molecule has 0 amide bonds. The van der Waals surface area contributed by atoms with Crippen molar-refractivity contribution in [1.82, 2.24) is 10.2 Å². The summed E-state index contributed by atoms with van der Waals surface area (Å²) in [4.78, 5) is 2.63. The van der Waals surface area contributed by atoms with Gasteiger partial charge in [-0.15, -0.1) is 0 Å². The largest absolute Gasteiger partial charge is 0.316 e. The molecule has 0 aromatic rings. The van der Waals surface area contributed by atoms with Crippen LogP contribution in [0.2, 0.25) is 0 Å². The summed E-state index contributed by atoms with van der Waals surface area (Å²) in [6, 6.07) is 0. The first-order chi connectivity index (χ1) is 5.57. The van der Waals surface area contributed by atoms with Gasteiger partial charge >= 0.3 is 0 Å². The second-order valence-electron chi connectivity index (χ2n) is 5.25. The molecule has 2 heterocycles. The SMILES string of the molecule is CC(C)(C)N1C[C@@H]2CNC[C@H]2C1. The van der Waals surface area contributed by atoms with Crippen molar-refractivity contribution in [3.63, 3.8) is 0 Å². The number of rotatable bonds is 0. The van der Waals surface area contributed by atoms with Crippen molar-refractivity contribution in [1.29, 1.82) is 0 Å². The second kappa shape index (κ2) is 2.71. The molecule has 0 aromatic heterocycles. The molecule has 2 fully saturated rings. The zero-order chi connectivity index (χ0) is 8.77. The Kier molecular flexibility index (Phi) is 1.92. The van der Waals surface area contributed by atoms with Gasteiger partial charge in [-0.3, -0.25) is 4.90 Å². The smallest absolute Gasteiger partial charge is 0.0125 e. The van der Waals surface area contributed by atoms with Gasteiger partial charge in [0.05, 0.1) is 0 Å². The van der Waals surface area contributed by atoms with Gasteiger partial charge < -0.3 is 5.32 Å². The van der Waals surface area contributed by atoms with Crippen LogP contribution in [0.1, 0.15) is 20.8 Å². The van der Waals surface area contributed by atoms with E-state index in [-0.39, 0.29) is 0 Å². The van der Waals surface area contributed by atoms with Crippen LogP contribution in [-0.2, 0) is 0 Å². The molecule has 1 N–H and O–H groups in total. The van der Waals surface area contributed by atoms with Crippen LogP contribution in [0, 0.1) is 11.8 Å². The molecule has 2 nitrogen and oxygen atoms in total. The van der Waals surface area contributed by atoms with Gasteiger partial charge in [-0.05, 0) is 45.7 Å². The van der Waals surface area contributed by atoms with Crippen LogP contribution in [0.4, 0.5) is 0 Å². The van der Waals surface area contributed by atoms with E-state index in [2.05, 4.69) is 31.0 Å². The molecule has 0 radical (unpaired) electrons. The first kappa shape index (κ1) is 8.52. The van der Waals surface area contributed by atoms with E-state index in [0.717, 1.165) is 11.8 Å². The molecular weight excluding hydrogens is 148 g/mol. The van der Waals surface area contributed by atoms with Crippen molar-refractivity contribution in [2.75, 3.05) is 26.2 Å². The summed E-state index contributed by atoms with van der Waals surface area (Å²) in [5, 5.41) is 3.47. The lowest BCUT2D eigenvalue weighted by Crippen LogP contribution is -2.41. The lowest BCUT2D eigenvalue weighted by atomic mass is 10.0. The summed E-state index contributed by atoms with van der Waals surface area (Å²) in [6.45, 7) is 12.1. The standard InChI is InChI=1S/C10H20N2/c1-10(2,3)12-6-8-4-11-5-9(8)7-12/h8-9,11H,4-7H2,1-3H3/t8-,9-/m0/s1.